The number of nitrogens with one attached hydrogen (secondary N) is 2. The van der Waals surface area contributed by atoms with E-state index in [4.69, 9.17) is 4.42 Å². The third-order valence-electron chi connectivity index (χ3n) is 5.97. The van der Waals surface area contributed by atoms with E-state index in [2.05, 4.69) is 20.6 Å². The number of thioether (sulfide) groups is 1. The van der Waals surface area contributed by atoms with Crippen LogP contribution in [0.3, 0.4) is 0 Å². The Hall–Kier alpha value is -4.25. The van der Waals surface area contributed by atoms with E-state index in [1.165, 1.54) is 23.3 Å². The molecule has 3 aromatic rings. The molecule has 0 aliphatic carbocycles. The van der Waals surface area contributed by atoms with Crippen molar-refractivity contribution in [2.24, 2.45) is 9.98 Å². The van der Waals surface area contributed by atoms with Crippen molar-refractivity contribution < 1.29 is 23.2 Å². The minimum absolute atomic E-state index is 0.0508. The van der Waals surface area contributed by atoms with Crippen molar-refractivity contribution in [2.75, 3.05) is 5.75 Å². The zero-order chi connectivity index (χ0) is 26.5. The van der Waals surface area contributed by atoms with Crippen molar-refractivity contribution in [1.29, 1.82) is 0 Å². The lowest BCUT2D eigenvalue weighted by Crippen LogP contribution is -2.41. The predicted molar refractivity (Wildman–Crippen MR) is 141 cm³/mol. The first kappa shape index (κ1) is 25.4. The second kappa shape index (κ2) is 11.4. The van der Waals surface area contributed by atoms with Crippen LogP contribution in [0, 0.1) is 5.82 Å². The number of amides is 3. The lowest BCUT2D eigenvalue weighted by Gasteiger charge is -2.25. The molecule has 2 aliphatic rings. The number of halogens is 1. The van der Waals surface area contributed by atoms with Gasteiger partial charge in [-0.25, -0.2) is 14.3 Å². The molecule has 5 rings (SSSR count). The number of para-hydroxylation sites is 1. The Morgan fingerprint density at radius 2 is 1.79 bits per heavy atom. The average molecular weight is 534 g/mol. The molecule has 9 nitrogen and oxygen atoms in total. The summed E-state index contributed by atoms with van der Waals surface area (Å²) >= 11 is 1.15. The van der Waals surface area contributed by atoms with Crippen molar-refractivity contribution in [3.63, 3.8) is 0 Å². The normalized spacial score (nSPS) is 15.9. The van der Waals surface area contributed by atoms with Gasteiger partial charge in [0, 0.05) is 18.5 Å². The van der Waals surface area contributed by atoms with E-state index in [1.807, 2.05) is 24.3 Å². The second-order valence-corrected chi connectivity index (χ2v) is 9.58. The summed E-state index contributed by atoms with van der Waals surface area (Å²) in [4.78, 5) is 48.9. The monoisotopic (exact) mass is 533 g/mol. The summed E-state index contributed by atoms with van der Waals surface area (Å²) < 4.78 is 18.3. The maximum atomic E-state index is 13.3. The van der Waals surface area contributed by atoms with Gasteiger partial charge in [-0.2, -0.15) is 0 Å². The Balaban J connectivity index is 1.21. The molecular formula is C27H24FN5O4S. The van der Waals surface area contributed by atoms with E-state index in [-0.39, 0.29) is 55.2 Å². The highest BCUT2D eigenvalue weighted by atomic mass is 32.2. The van der Waals surface area contributed by atoms with Crippen molar-refractivity contribution in [3.8, 4) is 0 Å². The summed E-state index contributed by atoms with van der Waals surface area (Å²) in [5.74, 6) is 0.0684. The number of carbonyl (C=O) groups excluding carboxylic acids is 3. The Bertz CT molecular complexity index is 1410. The Labute approximate surface area is 222 Å². The van der Waals surface area contributed by atoms with E-state index >= 15 is 0 Å². The standard InChI is InChI=1S/C27H24FN5O4S/c28-18-9-7-17(8-10-18)14-29-23(34)12-11-22-26(36)33-25(31-22)20-5-1-2-6-21(20)32-27(33)38-16-24(35)30-15-19-4-3-13-37-19/h1-10,13,22H,11-12,14-16H2,(H,29,34)(H,30,35)/t22-/m0/s1. The minimum atomic E-state index is -0.744. The summed E-state index contributed by atoms with van der Waals surface area (Å²) in [7, 11) is 0. The number of fused-ring (bicyclic) bond motifs is 3. The van der Waals surface area contributed by atoms with Gasteiger partial charge in [0.25, 0.3) is 5.91 Å². The number of hydrogen-bond acceptors (Lipinski definition) is 7. The van der Waals surface area contributed by atoms with Crippen molar-refractivity contribution in [1.82, 2.24) is 15.5 Å². The number of benzene rings is 2. The molecule has 0 saturated heterocycles. The van der Waals surface area contributed by atoms with Gasteiger partial charge < -0.3 is 15.1 Å². The van der Waals surface area contributed by atoms with Crippen LogP contribution in [0.2, 0.25) is 0 Å². The van der Waals surface area contributed by atoms with Crippen LogP contribution >= 0.6 is 11.8 Å². The molecule has 3 heterocycles. The summed E-state index contributed by atoms with van der Waals surface area (Å²) in [6.45, 7) is 0.531. The Morgan fingerprint density at radius 3 is 2.58 bits per heavy atom. The quantitative estimate of drug-likeness (QED) is 0.437. The van der Waals surface area contributed by atoms with Crippen LogP contribution in [0.5, 0.6) is 0 Å². The van der Waals surface area contributed by atoms with Gasteiger partial charge in [0.15, 0.2) is 5.17 Å². The third kappa shape index (κ3) is 5.83. The predicted octanol–water partition coefficient (Wildman–Crippen LogP) is 3.52. The zero-order valence-electron chi connectivity index (χ0n) is 20.2. The number of rotatable bonds is 9. The molecule has 0 spiro atoms. The van der Waals surface area contributed by atoms with E-state index in [1.54, 1.807) is 24.3 Å². The molecule has 3 amide bonds. The smallest absolute Gasteiger partial charge is 0.259 e. The molecule has 38 heavy (non-hydrogen) atoms. The van der Waals surface area contributed by atoms with Crippen LogP contribution in [-0.4, -0.2) is 45.4 Å². The minimum Gasteiger partial charge on any atom is -0.467 e. The van der Waals surface area contributed by atoms with Crippen LogP contribution in [-0.2, 0) is 27.5 Å². The first-order valence-corrected chi connectivity index (χ1v) is 13.0. The van der Waals surface area contributed by atoms with Gasteiger partial charge in [-0.1, -0.05) is 36.0 Å². The maximum Gasteiger partial charge on any atom is 0.259 e. The van der Waals surface area contributed by atoms with Crippen LogP contribution in [0.15, 0.2) is 81.3 Å². The molecule has 0 bridgehead atoms. The molecule has 2 aliphatic heterocycles. The molecule has 0 unspecified atom stereocenters. The second-order valence-electron chi connectivity index (χ2n) is 8.64. The fourth-order valence-electron chi connectivity index (χ4n) is 4.03. The molecule has 2 N–H and O–H groups in total. The van der Waals surface area contributed by atoms with E-state index < -0.39 is 6.04 Å². The zero-order valence-corrected chi connectivity index (χ0v) is 21.0. The highest BCUT2D eigenvalue weighted by Gasteiger charge is 2.41. The molecule has 2 aromatic carbocycles. The number of hydrogen-bond donors (Lipinski definition) is 2. The van der Waals surface area contributed by atoms with Crippen LogP contribution in [0.1, 0.15) is 29.7 Å². The topological polar surface area (TPSA) is 116 Å². The van der Waals surface area contributed by atoms with E-state index in [0.717, 1.165) is 22.9 Å². The molecule has 11 heteroatoms. The van der Waals surface area contributed by atoms with Gasteiger partial charge in [-0.05, 0) is 48.4 Å². The summed E-state index contributed by atoms with van der Waals surface area (Å²) in [6.07, 6.45) is 1.85. The van der Waals surface area contributed by atoms with Crippen LogP contribution in [0.4, 0.5) is 10.1 Å². The summed E-state index contributed by atoms with van der Waals surface area (Å²) in [5.41, 5.74) is 2.15. The Kier molecular flexibility index (Phi) is 7.64. The van der Waals surface area contributed by atoms with Gasteiger partial charge >= 0.3 is 0 Å². The van der Waals surface area contributed by atoms with Gasteiger partial charge in [-0.3, -0.25) is 19.4 Å². The molecule has 194 valence electrons. The average Bonchev–Trinajstić information content (AvgIpc) is 3.57. The van der Waals surface area contributed by atoms with Crippen molar-refractivity contribution in [2.45, 2.75) is 32.0 Å². The first-order chi connectivity index (χ1) is 18.5. The van der Waals surface area contributed by atoms with Gasteiger partial charge in [0.1, 0.15) is 23.5 Å². The number of aliphatic imine (C=N–C) groups is 2. The third-order valence-corrected chi connectivity index (χ3v) is 6.91. The van der Waals surface area contributed by atoms with E-state index in [9.17, 15) is 18.8 Å². The van der Waals surface area contributed by atoms with Crippen LogP contribution < -0.4 is 10.6 Å². The number of amidine groups is 2. The molecule has 0 saturated carbocycles. The molecule has 0 radical (unpaired) electrons. The van der Waals surface area contributed by atoms with Gasteiger partial charge in [0.05, 0.1) is 24.2 Å². The molecule has 1 atom stereocenters. The lowest BCUT2D eigenvalue weighted by molar-refractivity contribution is -0.125. The van der Waals surface area contributed by atoms with Crippen LogP contribution in [0.25, 0.3) is 0 Å². The lowest BCUT2D eigenvalue weighted by atomic mass is 10.1. The molecule has 0 fully saturated rings. The highest BCUT2D eigenvalue weighted by Crippen LogP contribution is 2.34. The van der Waals surface area contributed by atoms with E-state index in [0.29, 0.717) is 22.5 Å². The number of carbonyl (C=O) groups is 3. The van der Waals surface area contributed by atoms with Gasteiger partial charge in [0.2, 0.25) is 11.8 Å². The number of nitrogens with zero attached hydrogens (tertiary/aromatic N) is 3. The molecule has 1 aromatic heterocycles. The maximum absolute atomic E-state index is 13.3. The molecular weight excluding hydrogens is 509 g/mol. The largest absolute Gasteiger partial charge is 0.467 e. The fourth-order valence-corrected chi connectivity index (χ4v) is 4.86. The summed E-state index contributed by atoms with van der Waals surface area (Å²) in [6, 6.07) is 16.0. The Morgan fingerprint density at radius 1 is 1.00 bits per heavy atom. The highest BCUT2D eigenvalue weighted by molar-refractivity contribution is 8.14. The summed E-state index contributed by atoms with van der Waals surface area (Å²) in [5, 5.41) is 5.93. The van der Waals surface area contributed by atoms with Crippen molar-refractivity contribution >= 4 is 46.2 Å². The van der Waals surface area contributed by atoms with Gasteiger partial charge in [-0.15, -0.1) is 0 Å². The van der Waals surface area contributed by atoms with Crippen molar-refractivity contribution in [3.05, 3.63) is 89.6 Å². The SMILES string of the molecule is O=C(CC[C@@H]1N=C2c3ccccc3N=C(SCC(=O)NCc3ccco3)N2C1=O)NCc1ccc(F)cc1. The number of furan rings is 1. The first-order valence-electron chi connectivity index (χ1n) is 12.0. The fraction of sp³-hybridized carbons (Fsp3) is 0.222.